The summed E-state index contributed by atoms with van der Waals surface area (Å²) in [6.07, 6.45) is 0. The summed E-state index contributed by atoms with van der Waals surface area (Å²) in [6.45, 7) is 7.62. The number of likely N-dealkylation sites (N-methyl/N-ethyl adjacent to an activating group) is 1. The van der Waals surface area contributed by atoms with Crippen LogP contribution in [0, 0.1) is 0 Å². The summed E-state index contributed by atoms with van der Waals surface area (Å²) in [5, 5.41) is 0. The van der Waals surface area contributed by atoms with E-state index in [9.17, 15) is 8.42 Å². The third-order valence-electron chi connectivity index (χ3n) is 4.10. The van der Waals surface area contributed by atoms with Gasteiger partial charge in [0.25, 0.3) is 0 Å². The molecule has 21 heavy (non-hydrogen) atoms. The lowest BCUT2D eigenvalue weighted by molar-refractivity contribution is 0.105. The van der Waals surface area contributed by atoms with Gasteiger partial charge in [-0.25, -0.2) is 8.42 Å². The van der Waals surface area contributed by atoms with E-state index in [0.717, 1.165) is 0 Å². The molecule has 0 radical (unpaired) electrons. The molecule has 2 unspecified atom stereocenters. The molecule has 2 atom stereocenters. The highest BCUT2D eigenvalue weighted by molar-refractivity contribution is 7.89. The van der Waals surface area contributed by atoms with Gasteiger partial charge in [0.15, 0.2) is 0 Å². The molecule has 0 N–H and O–H groups in total. The molecule has 0 spiro atoms. The zero-order valence-corrected chi connectivity index (χ0v) is 13.9. The van der Waals surface area contributed by atoms with Crippen molar-refractivity contribution in [2.75, 3.05) is 26.7 Å². The normalized spacial score (nSPS) is 25.0. The lowest BCUT2D eigenvalue weighted by Crippen LogP contribution is -2.56. The molecule has 0 bridgehead atoms. The fourth-order valence-corrected chi connectivity index (χ4v) is 4.18. The summed E-state index contributed by atoms with van der Waals surface area (Å²) in [4.78, 5) is 2.54. The molecule has 1 heterocycles. The Labute approximate surface area is 127 Å². The van der Waals surface area contributed by atoms with Crippen molar-refractivity contribution in [3.8, 4) is 5.75 Å². The van der Waals surface area contributed by atoms with E-state index in [0.29, 0.717) is 30.3 Å². The lowest BCUT2D eigenvalue weighted by atomic mass is 10.1. The maximum Gasteiger partial charge on any atom is 0.243 e. The molecule has 0 aliphatic carbocycles. The first-order valence-corrected chi connectivity index (χ1v) is 8.75. The van der Waals surface area contributed by atoms with Gasteiger partial charge in [-0.2, -0.15) is 4.31 Å². The van der Waals surface area contributed by atoms with Crippen LogP contribution in [-0.4, -0.2) is 56.5 Å². The van der Waals surface area contributed by atoms with E-state index in [4.69, 9.17) is 4.74 Å². The highest BCUT2D eigenvalue weighted by Gasteiger charge is 2.34. The van der Waals surface area contributed by atoms with Gasteiger partial charge < -0.3 is 4.74 Å². The van der Waals surface area contributed by atoms with Gasteiger partial charge in [0.1, 0.15) is 5.75 Å². The number of rotatable bonds is 4. The van der Waals surface area contributed by atoms with E-state index in [1.165, 1.54) is 0 Å². The molecular weight excluding hydrogens is 288 g/mol. The Balaban J connectivity index is 2.21. The van der Waals surface area contributed by atoms with Crippen LogP contribution in [0.25, 0.3) is 0 Å². The monoisotopic (exact) mass is 312 g/mol. The minimum Gasteiger partial charge on any atom is -0.494 e. The Bertz CT molecular complexity index is 559. The van der Waals surface area contributed by atoms with E-state index in [1.807, 2.05) is 14.0 Å². The lowest BCUT2D eigenvalue weighted by Gasteiger charge is -2.41. The molecule has 1 aromatic rings. The minimum absolute atomic E-state index is 0.214. The second-order valence-corrected chi connectivity index (χ2v) is 7.53. The third-order valence-corrected chi connectivity index (χ3v) is 5.94. The molecule has 1 aliphatic heterocycles. The smallest absolute Gasteiger partial charge is 0.243 e. The summed E-state index contributed by atoms with van der Waals surface area (Å²) in [7, 11) is -1.39. The average Bonchev–Trinajstić information content (AvgIpc) is 2.45. The Morgan fingerprint density at radius 2 is 1.67 bits per heavy atom. The minimum atomic E-state index is -3.43. The van der Waals surface area contributed by atoms with Crippen LogP contribution < -0.4 is 4.74 Å². The Hall–Kier alpha value is -1.11. The van der Waals surface area contributed by atoms with Gasteiger partial charge in [0.2, 0.25) is 10.0 Å². The first-order chi connectivity index (χ1) is 9.86. The summed E-state index contributed by atoms with van der Waals surface area (Å²) >= 11 is 0. The molecule has 0 saturated carbocycles. The molecule has 0 aromatic heterocycles. The van der Waals surface area contributed by atoms with Gasteiger partial charge >= 0.3 is 0 Å². The van der Waals surface area contributed by atoms with Crippen LogP contribution in [0.5, 0.6) is 5.75 Å². The Kier molecular flexibility index (Phi) is 4.91. The molecule has 1 aromatic carbocycles. The third kappa shape index (κ3) is 3.39. The van der Waals surface area contributed by atoms with Crippen molar-refractivity contribution in [1.29, 1.82) is 0 Å². The van der Waals surface area contributed by atoms with Crippen LogP contribution in [0.3, 0.4) is 0 Å². The summed E-state index contributed by atoms with van der Waals surface area (Å²) in [5.74, 6) is 0.691. The zero-order valence-electron chi connectivity index (χ0n) is 13.1. The second-order valence-electron chi connectivity index (χ2n) is 5.59. The molecule has 5 nitrogen and oxygen atoms in total. The van der Waals surface area contributed by atoms with Gasteiger partial charge in [-0.15, -0.1) is 0 Å². The first-order valence-electron chi connectivity index (χ1n) is 7.31. The van der Waals surface area contributed by atoms with Crippen LogP contribution in [0.2, 0.25) is 0 Å². The Morgan fingerprint density at radius 1 is 1.14 bits per heavy atom. The van der Waals surface area contributed by atoms with Gasteiger partial charge in [-0.1, -0.05) is 0 Å². The predicted molar refractivity (Wildman–Crippen MR) is 83.1 cm³/mol. The van der Waals surface area contributed by atoms with Crippen molar-refractivity contribution in [3.05, 3.63) is 24.3 Å². The van der Waals surface area contributed by atoms with Crippen LogP contribution in [0.15, 0.2) is 29.2 Å². The predicted octanol–water partition coefficient (Wildman–Crippen LogP) is 1.80. The molecule has 118 valence electrons. The quantitative estimate of drug-likeness (QED) is 0.850. The number of hydrogen-bond donors (Lipinski definition) is 0. The summed E-state index contributed by atoms with van der Waals surface area (Å²) in [6, 6.07) is 7.08. The van der Waals surface area contributed by atoms with E-state index >= 15 is 0 Å². The first kappa shape index (κ1) is 16.3. The highest BCUT2D eigenvalue weighted by atomic mass is 32.2. The van der Waals surface area contributed by atoms with Crippen molar-refractivity contribution < 1.29 is 13.2 Å². The summed E-state index contributed by atoms with van der Waals surface area (Å²) in [5.41, 5.74) is 0. The molecular formula is C15H24N2O3S. The number of ether oxygens (including phenoxy) is 1. The van der Waals surface area contributed by atoms with Crippen LogP contribution in [-0.2, 0) is 10.0 Å². The van der Waals surface area contributed by atoms with E-state index in [1.54, 1.807) is 28.6 Å². The molecule has 2 rings (SSSR count). The van der Waals surface area contributed by atoms with Crippen molar-refractivity contribution in [3.63, 3.8) is 0 Å². The maximum atomic E-state index is 12.7. The number of nitrogens with zero attached hydrogens (tertiary/aromatic N) is 2. The molecule has 1 fully saturated rings. The van der Waals surface area contributed by atoms with E-state index in [-0.39, 0.29) is 12.1 Å². The number of hydrogen-bond acceptors (Lipinski definition) is 4. The van der Waals surface area contributed by atoms with Crippen LogP contribution in [0.1, 0.15) is 20.8 Å². The number of piperazine rings is 1. The van der Waals surface area contributed by atoms with Crippen molar-refractivity contribution >= 4 is 10.0 Å². The average molecular weight is 312 g/mol. The molecule has 1 aliphatic rings. The van der Waals surface area contributed by atoms with Crippen LogP contribution in [0.4, 0.5) is 0 Å². The zero-order chi connectivity index (χ0) is 15.6. The van der Waals surface area contributed by atoms with Crippen molar-refractivity contribution in [2.24, 2.45) is 0 Å². The maximum absolute atomic E-state index is 12.7. The van der Waals surface area contributed by atoms with Gasteiger partial charge in [-0.3, -0.25) is 4.90 Å². The summed E-state index contributed by atoms with van der Waals surface area (Å²) < 4.78 is 32.4. The molecule has 6 heteroatoms. The van der Waals surface area contributed by atoms with Crippen molar-refractivity contribution in [1.82, 2.24) is 9.21 Å². The fraction of sp³-hybridized carbons (Fsp3) is 0.600. The van der Waals surface area contributed by atoms with E-state index < -0.39 is 10.0 Å². The molecule has 1 saturated heterocycles. The standard InChI is InChI=1S/C15H24N2O3S/c1-5-20-14-6-8-15(9-7-14)21(18,19)17-10-12(2)16(4)13(3)11-17/h6-9,12-13H,5,10-11H2,1-4H3. The topological polar surface area (TPSA) is 49.9 Å². The van der Waals surface area contributed by atoms with Gasteiger partial charge in [0, 0.05) is 25.2 Å². The van der Waals surface area contributed by atoms with E-state index in [2.05, 4.69) is 18.7 Å². The largest absolute Gasteiger partial charge is 0.494 e. The number of sulfonamides is 1. The highest BCUT2D eigenvalue weighted by Crippen LogP contribution is 2.23. The van der Waals surface area contributed by atoms with Crippen molar-refractivity contribution in [2.45, 2.75) is 37.8 Å². The van der Waals surface area contributed by atoms with Gasteiger partial charge in [0.05, 0.1) is 11.5 Å². The van der Waals surface area contributed by atoms with Crippen LogP contribution >= 0.6 is 0 Å². The van der Waals surface area contributed by atoms with Gasteiger partial charge in [-0.05, 0) is 52.1 Å². The Morgan fingerprint density at radius 3 is 2.14 bits per heavy atom. The SMILES string of the molecule is CCOc1ccc(S(=O)(=O)N2CC(C)N(C)C(C)C2)cc1. The fourth-order valence-electron chi connectivity index (χ4n) is 2.58. The molecule has 0 amide bonds. The second kappa shape index (κ2) is 6.34. The number of benzene rings is 1.